The molecule has 0 saturated carbocycles. The van der Waals surface area contributed by atoms with E-state index in [-0.39, 0.29) is 5.91 Å². The third-order valence-electron chi connectivity index (χ3n) is 2.90. The Kier molecular flexibility index (Phi) is 2.46. The molecule has 2 heterocycles. The van der Waals surface area contributed by atoms with Crippen LogP contribution in [0.25, 0.3) is 0 Å². The van der Waals surface area contributed by atoms with Crippen LogP contribution in [0.3, 0.4) is 0 Å². The van der Waals surface area contributed by atoms with Gasteiger partial charge in [0.05, 0.1) is 0 Å². The number of aromatic nitrogens is 1. The molecule has 0 aromatic carbocycles. The molecule has 1 aromatic heterocycles. The zero-order valence-electron chi connectivity index (χ0n) is 9.53. The predicted molar refractivity (Wildman–Crippen MR) is 63.1 cm³/mol. The van der Waals surface area contributed by atoms with Gasteiger partial charge in [-0.1, -0.05) is 0 Å². The number of rotatable bonds is 1. The highest BCUT2D eigenvalue weighted by Crippen LogP contribution is 2.25. The standard InChI is InChI=1S/C11H16N4O/c1-11(2)10(16)14-5-6-15(11)9-7-8(12)3-4-13-9/h3-4,7H,5-6H2,1-2H3,(H2,12,13)(H,14,16). The first kappa shape index (κ1) is 10.7. The normalized spacial score (nSPS) is 19.4. The van der Waals surface area contributed by atoms with Crippen LogP contribution in [0.5, 0.6) is 0 Å². The number of pyridine rings is 1. The van der Waals surface area contributed by atoms with E-state index in [9.17, 15) is 4.79 Å². The van der Waals surface area contributed by atoms with E-state index < -0.39 is 5.54 Å². The van der Waals surface area contributed by atoms with Crippen molar-refractivity contribution < 1.29 is 4.79 Å². The summed E-state index contributed by atoms with van der Waals surface area (Å²) in [7, 11) is 0. The Morgan fingerprint density at radius 3 is 3.00 bits per heavy atom. The Balaban J connectivity index is 2.36. The van der Waals surface area contributed by atoms with E-state index >= 15 is 0 Å². The molecule has 0 atom stereocenters. The lowest BCUT2D eigenvalue weighted by molar-refractivity contribution is -0.126. The largest absolute Gasteiger partial charge is 0.399 e. The van der Waals surface area contributed by atoms with E-state index in [0.29, 0.717) is 12.2 Å². The summed E-state index contributed by atoms with van der Waals surface area (Å²) in [5.74, 6) is 0.767. The smallest absolute Gasteiger partial charge is 0.245 e. The van der Waals surface area contributed by atoms with Gasteiger partial charge < -0.3 is 16.0 Å². The number of nitrogens with two attached hydrogens (primary N) is 1. The first-order chi connectivity index (χ1) is 7.51. The minimum atomic E-state index is -0.584. The minimum absolute atomic E-state index is 0.0166. The summed E-state index contributed by atoms with van der Waals surface area (Å²) in [6, 6.07) is 3.53. The molecule has 1 aliphatic rings. The van der Waals surface area contributed by atoms with Gasteiger partial charge in [-0.2, -0.15) is 0 Å². The summed E-state index contributed by atoms with van der Waals surface area (Å²) in [6.07, 6.45) is 1.66. The highest BCUT2D eigenvalue weighted by atomic mass is 16.2. The van der Waals surface area contributed by atoms with Gasteiger partial charge in [0.15, 0.2) is 0 Å². The van der Waals surface area contributed by atoms with Gasteiger partial charge in [-0.3, -0.25) is 4.79 Å². The molecule has 2 rings (SSSR count). The van der Waals surface area contributed by atoms with Crippen LogP contribution in [0.2, 0.25) is 0 Å². The maximum Gasteiger partial charge on any atom is 0.245 e. The van der Waals surface area contributed by atoms with Crippen LogP contribution in [0, 0.1) is 0 Å². The second kappa shape index (κ2) is 3.66. The Morgan fingerprint density at radius 2 is 2.31 bits per heavy atom. The lowest BCUT2D eigenvalue weighted by atomic mass is 9.99. The second-order valence-corrected chi connectivity index (χ2v) is 4.41. The Morgan fingerprint density at radius 1 is 1.56 bits per heavy atom. The number of nitrogens with one attached hydrogen (secondary N) is 1. The summed E-state index contributed by atoms with van der Waals surface area (Å²) in [4.78, 5) is 18.0. The third kappa shape index (κ3) is 1.68. The molecule has 0 radical (unpaired) electrons. The molecule has 0 aliphatic carbocycles. The molecule has 0 spiro atoms. The van der Waals surface area contributed by atoms with Crippen molar-refractivity contribution in [3.05, 3.63) is 18.3 Å². The maximum atomic E-state index is 11.8. The molecule has 1 amide bonds. The second-order valence-electron chi connectivity index (χ2n) is 4.41. The number of hydrogen-bond donors (Lipinski definition) is 2. The molecule has 1 fully saturated rings. The van der Waals surface area contributed by atoms with Crippen molar-refractivity contribution in [1.82, 2.24) is 10.3 Å². The summed E-state index contributed by atoms with van der Waals surface area (Å²) in [5.41, 5.74) is 5.80. The lowest BCUT2D eigenvalue weighted by Gasteiger charge is -2.42. The number of piperazine rings is 1. The first-order valence-corrected chi connectivity index (χ1v) is 5.29. The van der Waals surface area contributed by atoms with Crippen molar-refractivity contribution >= 4 is 17.4 Å². The Hall–Kier alpha value is -1.78. The van der Waals surface area contributed by atoms with Gasteiger partial charge in [0.25, 0.3) is 0 Å². The molecule has 3 N–H and O–H groups in total. The quantitative estimate of drug-likeness (QED) is 0.717. The average Bonchev–Trinajstić information content (AvgIpc) is 2.22. The molecule has 0 bridgehead atoms. The van der Waals surface area contributed by atoms with Gasteiger partial charge in [-0.25, -0.2) is 4.98 Å². The van der Waals surface area contributed by atoms with E-state index in [1.807, 2.05) is 18.7 Å². The van der Waals surface area contributed by atoms with E-state index in [0.717, 1.165) is 12.4 Å². The number of anilines is 2. The fraction of sp³-hybridized carbons (Fsp3) is 0.455. The molecule has 16 heavy (non-hydrogen) atoms. The van der Waals surface area contributed by atoms with E-state index in [2.05, 4.69) is 10.3 Å². The SMILES string of the molecule is CC1(C)C(=O)NCCN1c1cc(N)ccn1. The number of hydrogen-bond acceptors (Lipinski definition) is 4. The molecule has 86 valence electrons. The first-order valence-electron chi connectivity index (χ1n) is 5.29. The number of carbonyl (C=O) groups is 1. The number of carbonyl (C=O) groups excluding carboxylic acids is 1. The molecule has 1 aliphatic heterocycles. The van der Waals surface area contributed by atoms with Crippen LogP contribution in [0.4, 0.5) is 11.5 Å². The van der Waals surface area contributed by atoms with Crippen molar-refractivity contribution in [3.63, 3.8) is 0 Å². The monoisotopic (exact) mass is 220 g/mol. The van der Waals surface area contributed by atoms with Crippen LogP contribution < -0.4 is 16.0 Å². The molecule has 1 saturated heterocycles. The van der Waals surface area contributed by atoms with Crippen LogP contribution in [0.15, 0.2) is 18.3 Å². The number of amides is 1. The predicted octanol–water partition coefficient (Wildman–Crippen LogP) is 0.379. The van der Waals surface area contributed by atoms with Crippen LogP contribution in [0.1, 0.15) is 13.8 Å². The van der Waals surface area contributed by atoms with Crippen molar-refractivity contribution in [3.8, 4) is 0 Å². The molecular weight excluding hydrogens is 204 g/mol. The molecule has 0 unspecified atom stereocenters. The summed E-state index contributed by atoms with van der Waals surface area (Å²) < 4.78 is 0. The summed E-state index contributed by atoms with van der Waals surface area (Å²) >= 11 is 0. The minimum Gasteiger partial charge on any atom is -0.399 e. The fourth-order valence-corrected chi connectivity index (χ4v) is 1.88. The zero-order chi connectivity index (χ0) is 11.8. The molecule has 5 nitrogen and oxygen atoms in total. The number of nitrogens with zero attached hydrogens (tertiary/aromatic N) is 2. The molecule has 5 heteroatoms. The highest BCUT2D eigenvalue weighted by molar-refractivity contribution is 5.90. The van der Waals surface area contributed by atoms with E-state index in [1.54, 1.807) is 18.3 Å². The fourth-order valence-electron chi connectivity index (χ4n) is 1.88. The van der Waals surface area contributed by atoms with Gasteiger partial charge >= 0.3 is 0 Å². The van der Waals surface area contributed by atoms with Crippen LogP contribution >= 0.6 is 0 Å². The topological polar surface area (TPSA) is 71.2 Å². The van der Waals surface area contributed by atoms with E-state index in [1.165, 1.54) is 0 Å². The van der Waals surface area contributed by atoms with Gasteiger partial charge in [0.2, 0.25) is 5.91 Å². The maximum absolute atomic E-state index is 11.8. The highest BCUT2D eigenvalue weighted by Gasteiger charge is 2.38. The third-order valence-corrected chi connectivity index (χ3v) is 2.90. The number of nitrogen functional groups attached to an aromatic ring is 1. The van der Waals surface area contributed by atoms with Crippen molar-refractivity contribution in [1.29, 1.82) is 0 Å². The Labute approximate surface area is 94.6 Å². The summed E-state index contributed by atoms with van der Waals surface area (Å²) in [6.45, 7) is 5.15. The molecule has 1 aromatic rings. The van der Waals surface area contributed by atoms with Gasteiger partial charge in [0, 0.05) is 31.0 Å². The average molecular weight is 220 g/mol. The van der Waals surface area contributed by atoms with Crippen molar-refractivity contribution in [2.24, 2.45) is 0 Å². The molecular formula is C11H16N4O. The van der Waals surface area contributed by atoms with E-state index in [4.69, 9.17) is 5.73 Å². The van der Waals surface area contributed by atoms with Gasteiger partial charge in [0.1, 0.15) is 11.4 Å². The summed E-state index contributed by atoms with van der Waals surface area (Å²) in [5, 5.41) is 2.85. The van der Waals surface area contributed by atoms with Crippen LogP contribution in [-0.4, -0.2) is 29.5 Å². The van der Waals surface area contributed by atoms with Gasteiger partial charge in [-0.15, -0.1) is 0 Å². The zero-order valence-corrected chi connectivity index (χ0v) is 9.53. The van der Waals surface area contributed by atoms with Crippen molar-refractivity contribution in [2.45, 2.75) is 19.4 Å². The lowest BCUT2D eigenvalue weighted by Crippen LogP contribution is -2.62. The van der Waals surface area contributed by atoms with Gasteiger partial charge in [-0.05, 0) is 19.9 Å². The van der Waals surface area contributed by atoms with Crippen molar-refractivity contribution in [2.75, 3.05) is 23.7 Å². The Bertz CT molecular complexity index is 416. The van der Waals surface area contributed by atoms with Crippen LogP contribution in [-0.2, 0) is 4.79 Å².